The first kappa shape index (κ1) is 13.7. The summed E-state index contributed by atoms with van der Waals surface area (Å²) in [6.07, 6.45) is 3.11. The fraction of sp³-hybridized carbons (Fsp3) is 0.357. The summed E-state index contributed by atoms with van der Waals surface area (Å²) in [5, 5.41) is 26.2. The lowest BCUT2D eigenvalue weighted by molar-refractivity contribution is 0.0290. The number of aliphatic hydroxyl groups is 2. The molecule has 0 aliphatic heterocycles. The predicted molar refractivity (Wildman–Crippen MR) is 71.4 cm³/mol. The van der Waals surface area contributed by atoms with Crippen molar-refractivity contribution >= 4 is 5.91 Å². The SMILES string of the molecule is O=C(N[C@H]1[C@H](O)[C@H](O)C[C@@H]1c1cccnc1)c1ccno1. The van der Waals surface area contributed by atoms with Crippen molar-refractivity contribution in [2.24, 2.45) is 0 Å². The topological polar surface area (TPSA) is 108 Å². The van der Waals surface area contributed by atoms with Gasteiger partial charge in [-0.3, -0.25) is 9.78 Å². The Morgan fingerprint density at radius 3 is 2.86 bits per heavy atom. The Morgan fingerprint density at radius 1 is 1.33 bits per heavy atom. The molecule has 2 aromatic heterocycles. The minimum Gasteiger partial charge on any atom is -0.390 e. The first-order valence-corrected chi connectivity index (χ1v) is 6.64. The molecule has 0 bridgehead atoms. The summed E-state index contributed by atoms with van der Waals surface area (Å²) in [4.78, 5) is 16.1. The van der Waals surface area contributed by atoms with Crippen molar-refractivity contribution in [3.05, 3.63) is 48.1 Å². The minimum atomic E-state index is -1.04. The fourth-order valence-electron chi connectivity index (χ4n) is 2.70. The molecule has 7 heteroatoms. The zero-order valence-electron chi connectivity index (χ0n) is 11.1. The van der Waals surface area contributed by atoms with Crippen LogP contribution in [0.25, 0.3) is 0 Å². The van der Waals surface area contributed by atoms with Crippen LogP contribution in [0.4, 0.5) is 0 Å². The quantitative estimate of drug-likeness (QED) is 0.738. The van der Waals surface area contributed by atoms with E-state index in [1.54, 1.807) is 18.5 Å². The van der Waals surface area contributed by atoms with E-state index in [1.807, 2.05) is 6.07 Å². The second-order valence-electron chi connectivity index (χ2n) is 5.06. The van der Waals surface area contributed by atoms with E-state index in [0.29, 0.717) is 6.42 Å². The summed E-state index contributed by atoms with van der Waals surface area (Å²) in [5.41, 5.74) is 0.857. The summed E-state index contributed by atoms with van der Waals surface area (Å²) in [6.45, 7) is 0. The third-order valence-corrected chi connectivity index (χ3v) is 3.76. The molecule has 2 aromatic rings. The number of pyridine rings is 1. The molecule has 1 aliphatic rings. The van der Waals surface area contributed by atoms with E-state index >= 15 is 0 Å². The first-order chi connectivity index (χ1) is 10.2. The smallest absolute Gasteiger partial charge is 0.290 e. The summed E-state index contributed by atoms with van der Waals surface area (Å²) in [5.74, 6) is -0.622. The highest BCUT2D eigenvalue weighted by Crippen LogP contribution is 2.35. The number of aromatic nitrogens is 2. The zero-order valence-corrected chi connectivity index (χ0v) is 11.1. The molecule has 7 nitrogen and oxygen atoms in total. The van der Waals surface area contributed by atoms with Gasteiger partial charge in [-0.25, -0.2) is 0 Å². The van der Waals surface area contributed by atoms with Crippen LogP contribution < -0.4 is 5.32 Å². The number of carbonyl (C=O) groups is 1. The van der Waals surface area contributed by atoms with Gasteiger partial charge < -0.3 is 20.1 Å². The van der Waals surface area contributed by atoms with E-state index in [2.05, 4.69) is 15.5 Å². The molecule has 3 rings (SSSR count). The van der Waals surface area contributed by atoms with Crippen LogP contribution in [0.15, 0.2) is 41.3 Å². The maximum Gasteiger partial charge on any atom is 0.290 e. The number of carbonyl (C=O) groups excluding carboxylic acids is 1. The first-order valence-electron chi connectivity index (χ1n) is 6.64. The molecule has 0 radical (unpaired) electrons. The van der Waals surface area contributed by atoms with Gasteiger partial charge in [-0.15, -0.1) is 0 Å². The van der Waals surface area contributed by atoms with Crippen molar-refractivity contribution < 1.29 is 19.5 Å². The Hall–Kier alpha value is -2.25. The Bertz CT molecular complexity index is 602. The van der Waals surface area contributed by atoms with Gasteiger partial charge in [0, 0.05) is 24.4 Å². The van der Waals surface area contributed by atoms with Crippen molar-refractivity contribution in [3.8, 4) is 0 Å². The van der Waals surface area contributed by atoms with Gasteiger partial charge in [0.2, 0.25) is 5.76 Å². The van der Waals surface area contributed by atoms with E-state index in [1.165, 1.54) is 12.3 Å². The molecule has 0 unspecified atom stereocenters. The second-order valence-corrected chi connectivity index (χ2v) is 5.06. The van der Waals surface area contributed by atoms with Crippen LogP contribution in [-0.4, -0.2) is 44.5 Å². The van der Waals surface area contributed by atoms with Crippen molar-refractivity contribution in [1.82, 2.24) is 15.5 Å². The number of rotatable bonds is 3. The zero-order chi connectivity index (χ0) is 14.8. The molecule has 1 aliphatic carbocycles. The Morgan fingerprint density at radius 2 is 2.19 bits per heavy atom. The summed E-state index contributed by atoms with van der Waals surface area (Å²) < 4.78 is 4.79. The van der Waals surface area contributed by atoms with Crippen molar-refractivity contribution in [2.45, 2.75) is 30.6 Å². The molecule has 0 saturated heterocycles. The standard InChI is InChI=1S/C14H15N3O4/c18-10-6-9(8-2-1-4-15-7-8)12(13(10)19)17-14(20)11-3-5-16-21-11/h1-5,7,9-10,12-13,18-19H,6H2,(H,17,20)/t9-,10-,12-,13-/m1/s1. The van der Waals surface area contributed by atoms with Crippen molar-refractivity contribution in [2.75, 3.05) is 0 Å². The predicted octanol–water partition coefficient (Wildman–Crippen LogP) is 0.0773. The molecule has 1 fully saturated rings. The molecule has 0 aromatic carbocycles. The van der Waals surface area contributed by atoms with Crippen LogP contribution in [0.5, 0.6) is 0 Å². The number of aliphatic hydroxyl groups excluding tert-OH is 2. The Labute approximate surface area is 120 Å². The number of nitrogens with zero attached hydrogens (tertiary/aromatic N) is 2. The second kappa shape index (κ2) is 5.63. The average Bonchev–Trinajstić information content (AvgIpc) is 3.12. The van der Waals surface area contributed by atoms with E-state index in [4.69, 9.17) is 4.52 Å². The monoisotopic (exact) mass is 289 g/mol. The average molecular weight is 289 g/mol. The fourth-order valence-corrected chi connectivity index (χ4v) is 2.70. The third kappa shape index (κ3) is 2.65. The van der Waals surface area contributed by atoms with Gasteiger partial charge in [0.25, 0.3) is 5.91 Å². The maximum absolute atomic E-state index is 12.0. The molecule has 1 amide bonds. The summed E-state index contributed by atoms with van der Waals surface area (Å²) >= 11 is 0. The molecule has 2 heterocycles. The molecular weight excluding hydrogens is 274 g/mol. The lowest BCUT2D eigenvalue weighted by atomic mass is 9.95. The van der Waals surface area contributed by atoms with E-state index in [0.717, 1.165) is 5.56 Å². The van der Waals surface area contributed by atoms with E-state index in [-0.39, 0.29) is 11.7 Å². The van der Waals surface area contributed by atoms with Crippen molar-refractivity contribution in [3.63, 3.8) is 0 Å². The molecule has 110 valence electrons. The molecule has 0 spiro atoms. The lowest BCUT2D eigenvalue weighted by Gasteiger charge is -2.23. The van der Waals surface area contributed by atoms with Gasteiger partial charge in [-0.1, -0.05) is 11.2 Å². The van der Waals surface area contributed by atoms with Crippen molar-refractivity contribution in [1.29, 1.82) is 0 Å². The van der Waals surface area contributed by atoms with Gasteiger partial charge >= 0.3 is 0 Å². The van der Waals surface area contributed by atoms with Gasteiger partial charge in [0.1, 0.15) is 6.10 Å². The van der Waals surface area contributed by atoms with Crippen LogP contribution in [0.3, 0.4) is 0 Å². The normalized spacial score (nSPS) is 28.5. The minimum absolute atomic E-state index is 0.0635. The molecule has 4 atom stereocenters. The Balaban J connectivity index is 1.82. The highest BCUT2D eigenvalue weighted by molar-refractivity contribution is 5.91. The van der Waals surface area contributed by atoms with E-state index in [9.17, 15) is 15.0 Å². The highest BCUT2D eigenvalue weighted by Gasteiger charge is 2.43. The van der Waals surface area contributed by atoms with Gasteiger partial charge in [0.15, 0.2) is 0 Å². The Kier molecular flexibility index (Phi) is 3.68. The third-order valence-electron chi connectivity index (χ3n) is 3.76. The van der Waals surface area contributed by atoms with E-state index < -0.39 is 24.2 Å². The lowest BCUT2D eigenvalue weighted by Crippen LogP contribution is -2.45. The number of amides is 1. The largest absolute Gasteiger partial charge is 0.390 e. The van der Waals surface area contributed by atoms with Crippen LogP contribution in [0.1, 0.15) is 28.5 Å². The summed E-state index contributed by atoms with van der Waals surface area (Å²) in [7, 11) is 0. The molecule has 1 saturated carbocycles. The molecule has 3 N–H and O–H groups in total. The number of hydrogen-bond donors (Lipinski definition) is 3. The van der Waals surface area contributed by atoms with Crippen LogP contribution in [0.2, 0.25) is 0 Å². The van der Waals surface area contributed by atoms with Gasteiger partial charge in [0.05, 0.1) is 18.3 Å². The number of hydrogen-bond acceptors (Lipinski definition) is 6. The van der Waals surface area contributed by atoms with Crippen LogP contribution >= 0.6 is 0 Å². The summed E-state index contributed by atoms with van der Waals surface area (Å²) in [6, 6.07) is 4.46. The number of nitrogens with one attached hydrogen (secondary N) is 1. The molecular formula is C14H15N3O4. The molecule has 21 heavy (non-hydrogen) atoms. The van der Waals surface area contributed by atoms with Crippen LogP contribution in [-0.2, 0) is 0 Å². The van der Waals surface area contributed by atoms with Gasteiger partial charge in [-0.05, 0) is 18.1 Å². The van der Waals surface area contributed by atoms with Gasteiger partial charge in [-0.2, -0.15) is 0 Å². The van der Waals surface area contributed by atoms with Crippen LogP contribution in [0, 0.1) is 0 Å². The maximum atomic E-state index is 12.0. The highest BCUT2D eigenvalue weighted by atomic mass is 16.5.